The first kappa shape index (κ1) is 74.8. The second kappa shape index (κ2) is 52.1. The number of allylic oxidation sites excluding steroid dienone is 10. The Kier molecular flexibility index (Phi) is 48.1. The highest BCUT2D eigenvalue weighted by Crippen LogP contribution is 2.30. The van der Waals surface area contributed by atoms with Crippen LogP contribution in [0, 0.1) is 0 Å². The van der Waals surface area contributed by atoms with Crippen LogP contribution in [-0.2, 0) is 23.7 Å². The van der Waals surface area contributed by atoms with E-state index in [1.54, 1.807) is 0 Å². The number of ether oxygens (including phenoxy) is 4. The maximum absolute atomic E-state index is 13.2. The summed E-state index contributed by atoms with van der Waals surface area (Å²) < 4.78 is 22.7. The van der Waals surface area contributed by atoms with Crippen molar-refractivity contribution in [1.29, 1.82) is 0 Å². The highest BCUT2D eigenvalue weighted by Gasteiger charge is 2.51. The fraction of sp³-hybridized carbons (Fsp3) is 0.836. The topological polar surface area (TPSA) is 228 Å². The molecule has 2 heterocycles. The quantitative estimate of drug-likeness (QED) is 0.0204. The van der Waals surface area contributed by atoms with Gasteiger partial charge in [-0.25, -0.2) is 0 Å². The second-order valence-corrected chi connectivity index (χ2v) is 23.2. The van der Waals surface area contributed by atoms with E-state index in [9.17, 15) is 45.6 Å². The van der Waals surface area contributed by atoms with Gasteiger partial charge in [0.15, 0.2) is 12.6 Å². The van der Waals surface area contributed by atoms with Crippen molar-refractivity contribution in [2.24, 2.45) is 0 Å². The van der Waals surface area contributed by atoms with Gasteiger partial charge in [0.2, 0.25) is 5.91 Å². The minimum atomic E-state index is -1.78. The van der Waals surface area contributed by atoms with Crippen LogP contribution in [0.1, 0.15) is 264 Å². The molecule has 0 radical (unpaired) electrons. The Labute approximate surface area is 492 Å². The summed E-state index contributed by atoms with van der Waals surface area (Å²) in [6, 6.07) is -0.824. The number of aliphatic hydroxyl groups excluding tert-OH is 8. The Bertz CT molecular complexity index is 1590. The summed E-state index contributed by atoms with van der Waals surface area (Å²) in [4.78, 5) is 13.2. The number of carbonyl (C=O) groups is 1. The average molecular weight is 1150 g/mol. The Morgan fingerprint density at radius 3 is 1.31 bits per heavy atom. The number of aliphatic hydroxyl groups is 8. The number of carbonyl (C=O) groups excluding carboxylic acids is 1. The van der Waals surface area contributed by atoms with E-state index in [1.807, 2.05) is 0 Å². The van der Waals surface area contributed by atoms with Crippen LogP contribution in [0.3, 0.4) is 0 Å². The van der Waals surface area contributed by atoms with Crippen molar-refractivity contribution in [1.82, 2.24) is 5.32 Å². The summed E-state index contributed by atoms with van der Waals surface area (Å²) in [6.07, 6.45) is 51.9. The van der Waals surface area contributed by atoms with Crippen LogP contribution in [-0.4, -0.2) is 140 Å². The molecule has 12 unspecified atom stereocenters. The summed E-state index contributed by atoms with van der Waals surface area (Å²) in [5.74, 6) is -0.209. The van der Waals surface area contributed by atoms with Gasteiger partial charge < -0.3 is 65.1 Å². The number of hydrogen-bond donors (Lipinski definition) is 9. The Hall–Kier alpha value is -2.31. The van der Waals surface area contributed by atoms with Crippen LogP contribution in [0.2, 0.25) is 0 Å². The monoisotopic (exact) mass is 1150 g/mol. The minimum Gasteiger partial charge on any atom is -0.394 e. The number of amides is 1. The van der Waals surface area contributed by atoms with Crippen molar-refractivity contribution in [3.63, 3.8) is 0 Å². The lowest BCUT2D eigenvalue weighted by molar-refractivity contribution is -0.359. The third-order valence-corrected chi connectivity index (χ3v) is 16.0. The highest BCUT2D eigenvalue weighted by molar-refractivity contribution is 5.76. The Morgan fingerprint density at radius 2 is 0.852 bits per heavy atom. The molecule has 2 rings (SSSR count). The fourth-order valence-electron chi connectivity index (χ4n) is 10.7. The first-order valence-corrected chi connectivity index (χ1v) is 33.0. The second-order valence-electron chi connectivity index (χ2n) is 23.2. The molecule has 0 aromatic rings. The van der Waals surface area contributed by atoms with Crippen LogP contribution in [0.25, 0.3) is 0 Å². The smallest absolute Gasteiger partial charge is 0.220 e. The van der Waals surface area contributed by atoms with Crippen LogP contribution >= 0.6 is 0 Å². The highest BCUT2D eigenvalue weighted by atomic mass is 16.7. The maximum atomic E-state index is 13.2. The molecule has 0 aromatic carbocycles. The molecule has 0 aliphatic carbocycles. The number of rotatable bonds is 53. The molecule has 472 valence electrons. The molecule has 14 heteroatoms. The fourth-order valence-corrected chi connectivity index (χ4v) is 10.7. The lowest BCUT2D eigenvalue weighted by Gasteiger charge is -2.46. The zero-order valence-electron chi connectivity index (χ0n) is 51.0. The van der Waals surface area contributed by atoms with E-state index in [2.05, 4.69) is 79.9 Å². The molecular weight excluding hydrogens is 1030 g/mol. The first-order chi connectivity index (χ1) is 39.6. The zero-order chi connectivity index (χ0) is 58.8. The summed E-state index contributed by atoms with van der Waals surface area (Å²) in [5, 5.41) is 86.8. The Morgan fingerprint density at radius 1 is 0.457 bits per heavy atom. The predicted octanol–water partition coefficient (Wildman–Crippen LogP) is 12.5. The maximum Gasteiger partial charge on any atom is 0.220 e. The largest absolute Gasteiger partial charge is 0.394 e. The third kappa shape index (κ3) is 37.0. The van der Waals surface area contributed by atoms with E-state index >= 15 is 0 Å². The lowest BCUT2D eigenvalue weighted by Crippen LogP contribution is -2.65. The molecule has 2 aliphatic rings. The third-order valence-electron chi connectivity index (χ3n) is 16.0. The van der Waals surface area contributed by atoms with Crippen molar-refractivity contribution in [2.45, 2.75) is 338 Å². The summed E-state index contributed by atoms with van der Waals surface area (Å²) in [6.45, 7) is 2.68. The van der Waals surface area contributed by atoms with Crippen LogP contribution in [0.5, 0.6) is 0 Å². The summed E-state index contributed by atoms with van der Waals surface area (Å²) >= 11 is 0. The van der Waals surface area contributed by atoms with Gasteiger partial charge in [0.05, 0.1) is 32.0 Å². The van der Waals surface area contributed by atoms with E-state index in [4.69, 9.17) is 18.9 Å². The standard InChI is InChI=1S/C67H121NO13/c1-3-5-7-9-11-12-13-14-15-16-17-18-19-20-21-22-23-24-25-26-27-28-29-30-31-32-33-34-35-36-37-38-39-40-41-42-43-44-45-47-49-51-59(72)68-55(56(71)50-48-46-10-8-6-4-2)54-78-66-64(77)62(75)65(58(53-70)80-66)81-67-63(76)61(74)60(73)57(52-69)79-67/h5,7,11-12,14-15,17-18,20-21,55-58,60-67,69-71,73-77H,3-4,6,8-10,13,16,19,22-54H2,1-2H3,(H,68,72)/b7-5-,12-11-,15-14-,18-17-,21-20-. The van der Waals surface area contributed by atoms with Crippen LogP contribution < -0.4 is 5.32 Å². The lowest BCUT2D eigenvalue weighted by atomic mass is 9.97. The van der Waals surface area contributed by atoms with Crippen molar-refractivity contribution in [2.75, 3.05) is 19.8 Å². The van der Waals surface area contributed by atoms with Gasteiger partial charge in [0.25, 0.3) is 0 Å². The number of hydrogen-bond acceptors (Lipinski definition) is 13. The van der Waals surface area contributed by atoms with Gasteiger partial charge in [-0.3, -0.25) is 4.79 Å². The average Bonchev–Trinajstić information content (AvgIpc) is 3.55. The minimum absolute atomic E-state index is 0.209. The van der Waals surface area contributed by atoms with Gasteiger partial charge in [-0.15, -0.1) is 0 Å². The van der Waals surface area contributed by atoms with Gasteiger partial charge in [0.1, 0.15) is 48.8 Å². The van der Waals surface area contributed by atoms with Gasteiger partial charge in [-0.2, -0.15) is 0 Å². The molecular formula is C67H121NO13. The molecule has 14 nitrogen and oxygen atoms in total. The molecule has 0 saturated carbocycles. The van der Waals surface area contributed by atoms with Crippen LogP contribution in [0.4, 0.5) is 0 Å². The van der Waals surface area contributed by atoms with E-state index in [1.165, 1.54) is 141 Å². The molecule has 0 spiro atoms. The van der Waals surface area contributed by atoms with E-state index in [0.717, 1.165) is 96.3 Å². The summed E-state index contributed by atoms with van der Waals surface area (Å²) in [7, 11) is 0. The Balaban J connectivity index is 1.46. The van der Waals surface area contributed by atoms with E-state index in [0.29, 0.717) is 12.8 Å². The van der Waals surface area contributed by atoms with E-state index < -0.39 is 86.8 Å². The van der Waals surface area contributed by atoms with Crippen LogP contribution in [0.15, 0.2) is 60.8 Å². The number of unbranched alkanes of at least 4 members (excludes halogenated alkanes) is 30. The van der Waals surface area contributed by atoms with Gasteiger partial charge in [-0.05, 0) is 57.8 Å². The van der Waals surface area contributed by atoms with Gasteiger partial charge in [0, 0.05) is 6.42 Å². The van der Waals surface area contributed by atoms with Crippen molar-refractivity contribution in [3.05, 3.63) is 60.8 Å². The van der Waals surface area contributed by atoms with Gasteiger partial charge in [-0.1, -0.05) is 261 Å². The molecule has 2 fully saturated rings. The first-order valence-electron chi connectivity index (χ1n) is 33.0. The molecule has 2 saturated heterocycles. The van der Waals surface area contributed by atoms with Crippen molar-refractivity contribution in [3.8, 4) is 0 Å². The number of nitrogens with one attached hydrogen (secondary N) is 1. The van der Waals surface area contributed by atoms with Crippen molar-refractivity contribution < 1.29 is 64.6 Å². The molecule has 1 amide bonds. The molecule has 12 atom stereocenters. The molecule has 81 heavy (non-hydrogen) atoms. The molecule has 9 N–H and O–H groups in total. The normalized spacial score (nSPS) is 24.5. The summed E-state index contributed by atoms with van der Waals surface area (Å²) in [5.41, 5.74) is 0. The van der Waals surface area contributed by atoms with Crippen molar-refractivity contribution >= 4 is 5.91 Å². The SMILES string of the molecule is CC/C=C\C/C=C\C/C=C\C/C=C\C/C=C\CCCCCCCCCCCCCCCCCCCCCCCCCCCC(=O)NC(COC1OC(CO)C(OC2OC(CO)C(O)C(O)C2O)C(O)C1O)C(O)CCCCCCCC. The molecule has 0 bridgehead atoms. The molecule has 0 aromatic heterocycles. The van der Waals surface area contributed by atoms with E-state index in [-0.39, 0.29) is 12.5 Å². The predicted molar refractivity (Wildman–Crippen MR) is 327 cm³/mol. The van der Waals surface area contributed by atoms with Gasteiger partial charge >= 0.3 is 0 Å². The molecule has 2 aliphatic heterocycles. The zero-order valence-corrected chi connectivity index (χ0v) is 51.0.